The summed E-state index contributed by atoms with van der Waals surface area (Å²) < 4.78 is 0. The Morgan fingerprint density at radius 2 is 1.75 bits per heavy atom. The first-order valence-corrected chi connectivity index (χ1v) is 6.60. The Labute approximate surface area is 99.0 Å². The van der Waals surface area contributed by atoms with Crippen molar-refractivity contribution in [3.8, 4) is 0 Å². The monoisotopic (exact) mass is 217 g/mol. The van der Waals surface area contributed by atoms with Crippen molar-refractivity contribution >= 4 is 0 Å². The summed E-state index contributed by atoms with van der Waals surface area (Å²) in [5, 5.41) is 0. The normalized spacial score (nSPS) is 19.6. The van der Waals surface area contributed by atoms with E-state index in [9.17, 15) is 0 Å². The zero-order valence-corrected chi connectivity index (χ0v) is 10.3. The zero-order chi connectivity index (χ0) is 11.4. The van der Waals surface area contributed by atoms with Gasteiger partial charge in [-0.25, -0.2) is 0 Å². The van der Waals surface area contributed by atoms with Gasteiger partial charge >= 0.3 is 0 Å². The highest BCUT2D eigenvalue weighted by molar-refractivity contribution is 5.24. The van der Waals surface area contributed by atoms with E-state index in [0.717, 1.165) is 5.92 Å². The van der Waals surface area contributed by atoms with Crippen LogP contribution in [0, 0.1) is 5.92 Å². The molecule has 0 bridgehead atoms. The van der Waals surface area contributed by atoms with Crippen LogP contribution in [0.1, 0.15) is 56.2 Å². The number of benzene rings is 1. The second-order valence-corrected chi connectivity index (χ2v) is 5.24. The lowest BCUT2D eigenvalue weighted by atomic mass is 9.85. The molecule has 1 aliphatic carbocycles. The molecule has 0 unspecified atom stereocenters. The smallest absolute Gasteiger partial charge is 0.0266 e. The summed E-state index contributed by atoms with van der Waals surface area (Å²) in [6, 6.07) is 9.04. The van der Waals surface area contributed by atoms with Crippen LogP contribution in [-0.4, -0.2) is 0 Å². The molecule has 88 valence electrons. The minimum absolute atomic E-state index is 0.156. The van der Waals surface area contributed by atoms with Crippen molar-refractivity contribution in [3.63, 3.8) is 0 Å². The number of hydrogen-bond donors (Lipinski definition) is 1. The van der Waals surface area contributed by atoms with Crippen LogP contribution >= 0.6 is 0 Å². The van der Waals surface area contributed by atoms with Gasteiger partial charge in [-0.2, -0.15) is 0 Å². The third-order valence-corrected chi connectivity index (χ3v) is 3.75. The molecule has 16 heavy (non-hydrogen) atoms. The van der Waals surface area contributed by atoms with Gasteiger partial charge in [0.15, 0.2) is 0 Å². The zero-order valence-electron chi connectivity index (χ0n) is 10.3. The Balaban J connectivity index is 1.93. The van der Waals surface area contributed by atoms with Crippen LogP contribution in [-0.2, 0) is 6.42 Å². The topological polar surface area (TPSA) is 26.0 Å². The number of rotatable bonds is 3. The lowest BCUT2D eigenvalue weighted by Crippen LogP contribution is -2.09. The standard InChI is InChI=1S/C15H23N/c1-12(16)15-9-7-14(8-10-15)11-13-5-3-2-4-6-13/h7-10,12-13H,2-6,11,16H2,1H3/t12-/m0/s1. The predicted octanol–water partition coefficient (Wildman–Crippen LogP) is 3.83. The third kappa shape index (κ3) is 3.08. The van der Waals surface area contributed by atoms with Crippen molar-refractivity contribution in [2.45, 2.75) is 51.5 Å². The van der Waals surface area contributed by atoms with Crippen molar-refractivity contribution in [1.29, 1.82) is 0 Å². The van der Waals surface area contributed by atoms with Crippen LogP contribution in [0.2, 0.25) is 0 Å². The molecular weight excluding hydrogens is 194 g/mol. The van der Waals surface area contributed by atoms with E-state index in [-0.39, 0.29) is 6.04 Å². The lowest BCUT2D eigenvalue weighted by Gasteiger charge is -2.21. The van der Waals surface area contributed by atoms with Gasteiger partial charge in [0.05, 0.1) is 0 Å². The van der Waals surface area contributed by atoms with Crippen LogP contribution in [0.25, 0.3) is 0 Å². The van der Waals surface area contributed by atoms with Crippen molar-refractivity contribution in [3.05, 3.63) is 35.4 Å². The number of hydrogen-bond acceptors (Lipinski definition) is 1. The van der Waals surface area contributed by atoms with Crippen molar-refractivity contribution in [2.24, 2.45) is 11.7 Å². The summed E-state index contributed by atoms with van der Waals surface area (Å²) >= 11 is 0. The average molecular weight is 217 g/mol. The average Bonchev–Trinajstić information content (AvgIpc) is 2.31. The first-order chi connectivity index (χ1) is 7.75. The van der Waals surface area contributed by atoms with Crippen molar-refractivity contribution < 1.29 is 0 Å². The largest absolute Gasteiger partial charge is 0.324 e. The molecule has 1 aromatic rings. The third-order valence-electron chi connectivity index (χ3n) is 3.75. The Kier molecular flexibility index (Phi) is 4.00. The quantitative estimate of drug-likeness (QED) is 0.818. The minimum Gasteiger partial charge on any atom is -0.324 e. The molecule has 0 amide bonds. The Morgan fingerprint density at radius 1 is 1.12 bits per heavy atom. The molecule has 1 atom stereocenters. The van der Waals surface area contributed by atoms with Crippen LogP contribution in [0.3, 0.4) is 0 Å². The molecule has 0 saturated heterocycles. The van der Waals surface area contributed by atoms with E-state index < -0.39 is 0 Å². The molecule has 1 heteroatoms. The molecule has 2 N–H and O–H groups in total. The fourth-order valence-corrected chi connectivity index (χ4v) is 2.68. The van der Waals surface area contributed by atoms with Crippen molar-refractivity contribution in [1.82, 2.24) is 0 Å². The van der Waals surface area contributed by atoms with Crippen molar-refractivity contribution in [2.75, 3.05) is 0 Å². The van der Waals surface area contributed by atoms with Crippen LogP contribution in [0.5, 0.6) is 0 Å². The molecule has 0 spiro atoms. The van der Waals surface area contributed by atoms with Gasteiger partial charge in [-0.05, 0) is 30.4 Å². The predicted molar refractivity (Wildman–Crippen MR) is 69.3 cm³/mol. The van der Waals surface area contributed by atoms with E-state index in [2.05, 4.69) is 24.3 Å². The first-order valence-electron chi connectivity index (χ1n) is 6.60. The highest BCUT2D eigenvalue weighted by Crippen LogP contribution is 2.27. The van der Waals surface area contributed by atoms with Crippen LogP contribution in [0.4, 0.5) is 0 Å². The van der Waals surface area contributed by atoms with E-state index in [4.69, 9.17) is 5.73 Å². The molecule has 1 aromatic carbocycles. The van der Waals surface area contributed by atoms with Gasteiger partial charge in [0.1, 0.15) is 0 Å². The molecule has 1 saturated carbocycles. The second kappa shape index (κ2) is 5.49. The summed E-state index contributed by atoms with van der Waals surface area (Å²) in [4.78, 5) is 0. The molecular formula is C15H23N. The second-order valence-electron chi connectivity index (χ2n) is 5.24. The summed E-state index contributed by atoms with van der Waals surface area (Å²) in [5.41, 5.74) is 8.57. The van der Waals surface area contributed by atoms with Gasteiger partial charge in [-0.1, -0.05) is 56.4 Å². The van der Waals surface area contributed by atoms with Gasteiger partial charge < -0.3 is 5.73 Å². The Bertz CT molecular complexity index is 307. The van der Waals surface area contributed by atoms with Gasteiger partial charge in [0.25, 0.3) is 0 Å². The van der Waals surface area contributed by atoms with E-state index in [1.807, 2.05) is 6.92 Å². The molecule has 0 aliphatic heterocycles. The first kappa shape index (κ1) is 11.7. The van der Waals surface area contributed by atoms with Gasteiger partial charge in [0.2, 0.25) is 0 Å². The maximum atomic E-state index is 5.85. The highest BCUT2D eigenvalue weighted by atomic mass is 14.6. The maximum absolute atomic E-state index is 5.85. The molecule has 1 aliphatic rings. The van der Waals surface area contributed by atoms with E-state index in [1.165, 1.54) is 49.7 Å². The summed E-state index contributed by atoms with van der Waals surface area (Å²) in [6.45, 7) is 2.04. The fraction of sp³-hybridized carbons (Fsp3) is 0.600. The summed E-state index contributed by atoms with van der Waals surface area (Å²) in [5.74, 6) is 0.926. The summed E-state index contributed by atoms with van der Waals surface area (Å²) in [7, 11) is 0. The van der Waals surface area contributed by atoms with Gasteiger partial charge in [-0.3, -0.25) is 0 Å². The maximum Gasteiger partial charge on any atom is 0.0266 e. The SMILES string of the molecule is C[C@H](N)c1ccc(CC2CCCCC2)cc1. The molecule has 0 aromatic heterocycles. The fourth-order valence-electron chi connectivity index (χ4n) is 2.68. The van der Waals surface area contributed by atoms with Gasteiger partial charge in [0, 0.05) is 6.04 Å². The molecule has 0 radical (unpaired) electrons. The van der Waals surface area contributed by atoms with Crippen LogP contribution < -0.4 is 5.73 Å². The van der Waals surface area contributed by atoms with Gasteiger partial charge in [-0.15, -0.1) is 0 Å². The molecule has 1 nitrogen and oxygen atoms in total. The summed E-state index contributed by atoms with van der Waals surface area (Å²) in [6.07, 6.45) is 8.43. The van der Waals surface area contributed by atoms with E-state index >= 15 is 0 Å². The Hall–Kier alpha value is -0.820. The van der Waals surface area contributed by atoms with E-state index in [0.29, 0.717) is 0 Å². The molecule has 1 fully saturated rings. The van der Waals surface area contributed by atoms with Crippen LogP contribution in [0.15, 0.2) is 24.3 Å². The highest BCUT2D eigenvalue weighted by Gasteiger charge is 2.13. The van der Waals surface area contributed by atoms with E-state index in [1.54, 1.807) is 0 Å². The molecule has 2 rings (SSSR count). The Morgan fingerprint density at radius 3 is 2.31 bits per heavy atom. The minimum atomic E-state index is 0.156. The molecule has 0 heterocycles. The lowest BCUT2D eigenvalue weighted by molar-refractivity contribution is 0.356. The number of nitrogens with two attached hydrogens (primary N) is 1.